The lowest BCUT2D eigenvalue weighted by Gasteiger charge is -2.17. The number of aliphatic hydroxyl groups excluding tert-OH is 2. The molecule has 2 aromatic rings. The van der Waals surface area contributed by atoms with Crippen molar-refractivity contribution in [3.63, 3.8) is 0 Å². The SMILES string of the molecule is CC(CO)(CO)C(=O)O.Cc1ccc(OC(=O)CCCCC(=O)Oc2ccc(C)cc2)cc1. The molecule has 2 aromatic carbocycles. The zero-order valence-corrected chi connectivity index (χ0v) is 19.2. The molecule has 0 heterocycles. The summed E-state index contributed by atoms with van der Waals surface area (Å²) in [5.41, 5.74) is 0.837. The molecule has 0 saturated heterocycles. The molecular formula is C25H32O8. The van der Waals surface area contributed by atoms with Crippen molar-refractivity contribution in [3.05, 3.63) is 59.7 Å². The Morgan fingerprint density at radius 2 is 1.06 bits per heavy atom. The topological polar surface area (TPSA) is 130 Å². The molecule has 3 N–H and O–H groups in total. The molecule has 8 nitrogen and oxygen atoms in total. The normalized spacial score (nSPS) is 10.6. The van der Waals surface area contributed by atoms with E-state index in [2.05, 4.69) is 0 Å². The van der Waals surface area contributed by atoms with E-state index in [4.69, 9.17) is 24.8 Å². The largest absolute Gasteiger partial charge is 0.481 e. The second kappa shape index (κ2) is 14.0. The first-order valence-corrected chi connectivity index (χ1v) is 10.6. The summed E-state index contributed by atoms with van der Waals surface area (Å²) in [5.74, 6) is -0.669. The number of carboxylic acid groups (broad SMARTS) is 1. The molecular weight excluding hydrogens is 428 g/mol. The highest BCUT2D eigenvalue weighted by molar-refractivity contribution is 5.74. The van der Waals surface area contributed by atoms with E-state index >= 15 is 0 Å². The Labute approximate surface area is 193 Å². The van der Waals surface area contributed by atoms with Crippen molar-refractivity contribution in [1.82, 2.24) is 0 Å². The minimum atomic E-state index is -1.39. The quantitative estimate of drug-likeness (QED) is 0.279. The fraction of sp³-hybridized carbons (Fsp3) is 0.400. The van der Waals surface area contributed by atoms with E-state index in [9.17, 15) is 14.4 Å². The Balaban J connectivity index is 0.000000513. The number of ether oxygens (including phenoxy) is 2. The van der Waals surface area contributed by atoms with Crippen LogP contribution in [-0.2, 0) is 14.4 Å². The van der Waals surface area contributed by atoms with Gasteiger partial charge in [-0.3, -0.25) is 14.4 Å². The number of rotatable bonds is 10. The van der Waals surface area contributed by atoms with Crippen molar-refractivity contribution in [2.24, 2.45) is 5.41 Å². The lowest BCUT2D eigenvalue weighted by atomic mass is 9.94. The summed E-state index contributed by atoms with van der Waals surface area (Å²) < 4.78 is 10.5. The van der Waals surface area contributed by atoms with Crippen molar-refractivity contribution in [1.29, 1.82) is 0 Å². The fourth-order valence-electron chi connectivity index (χ4n) is 2.30. The van der Waals surface area contributed by atoms with Crippen LogP contribution in [-0.4, -0.2) is 46.4 Å². The summed E-state index contributed by atoms with van der Waals surface area (Å²) in [6, 6.07) is 14.7. The zero-order valence-electron chi connectivity index (χ0n) is 19.2. The Morgan fingerprint density at radius 1 is 0.727 bits per heavy atom. The summed E-state index contributed by atoms with van der Waals surface area (Å²) in [6.45, 7) is 4.13. The number of aryl methyl sites for hydroxylation is 2. The van der Waals surface area contributed by atoms with Gasteiger partial charge in [0.15, 0.2) is 0 Å². The summed E-state index contributed by atoms with van der Waals surface area (Å²) in [6.07, 6.45) is 1.75. The number of aliphatic carboxylic acids is 1. The predicted octanol–water partition coefficient (Wildman–Crippen LogP) is 3.44. The maximum atomic E-state index is 11.7. The van der Waals surface area contributed by atoms with Gasteiger partial charge in [-0.2, -0.15) is 0 Å². The second-order valence-electron chi connectivity index (χ2n) is 7.96. The number of carbonyl (C=O) groups is 3. The van der Waals surface area contributed by atoms with E-state index in [-0.39, 0.29) is 24.8 Å². The summed E-state index contributed by atoms with van der Waals surface area (Å²) in [7, 11) is 0. The van der Waals surface area contributed by atoms with Crippen LogP contribution in [0.4, 0.5) is 0 Å². The Hall–Kier alpha value is -3.23. The molecule has 0 spiro atoms. The lowest BCUT2D eigenvalue weighted by molar-refractivity contribution is -0.153. The van der Waals surface area contributed by atoms with Gasteiger partial charge in [-0.25, -0.2) is 0 Å². The van der Waals surface area contributed by atoms with Crippen LogP contribution in [0.1, 0.15) is 43.7 Å². The van der Waals surface area contributed by atoms with Crippen LogP contribution in [0.25, 0.3) is 0 Å². The molecule has 0 fully saturated rings. The summed E-state index contributed by atoms with van der Waals surface area (Å²) in [4.78, 5) is 33.6. The van der Waals surface area contributed by atoms with Crippen molar-refractivity contribution in [3.8, 4) is 11.5 Å². The van der Waals surface area contributed by atoms with Crippen LogP contribution in [0.2, 0.25) is 0 Å². The molecule has 0 aliphatic carbocycles. The standard InChI is InChI=1S/C20H22O4.C5H10O4/c1-15-7-11-17(12-8-15)23-19(21)5-3-4-6-20(22)24-18-13-9-16(2)10-14-18;1-5(2-6,3-7)4(8)9/h7-14H,3-6H2,1-2H3;6-7H,2-3H2,1H3,(H,8,9). The van der Waals surface area contributed by atoms with E-state index in [0.717, 1.165) is 11.1 Å². The second-order valence-corrected chi connectivity index (χ2v) is 7.96. The van der Waals surface area contributed by atoms with E-state index in [1.807, 2.05) is 38.1 Å². The summed E-state index contributed by atoms with van der Waals surface area (Å²) in [5, 5.41) is 25.1. The molecule has 0 amide bonds. The fourth-order valence-corrected chi connectivity index (χ4v) is 2.30. The Kier molecular flexibility index (Phi) is 11.8. The third-order valence-corrected chi connectivity index (χ3v) is 4.73. The van der Waals surface area contributed by atoms with Crippen molar-refractivity contribution < 1.29 is 39.2 Å². The van der Waals surface area contributed by atoms with Crippen molar-refractivity contribution in [2.45, 2.75) is 46.5 Å². The Morgan fingerprint density at radius 3 is 1.30 bits per heavy atom. The van der Waals surface area contributed by atoms with Crippen molar-refractivity contribution >= 4 is 17.9 Å². The lowest BCUT2D eigenvalue weighted by Crippen LogP contribution is -2.35. The Bertz CT molecular complexity index is 822. The molecule has 0 unspecified atom stereocenters. The highest BCUT2D eigenvalue weighted by atomic mass is 16.5. The zero-order chi connectivity index (χ0) is 24.9. The van der Waals surface area contributed by atoms with Crippen LogP contribution in [0.3, 0.4) is 0 Å². The van der Waals surface area contributed by atoms with Gasteiger partial charge < -0.3 is 24.8 Å². The first-order chi connectivity index (χ1) is 15.6. The smallest absolute Gasteiger partial charge is 0.314 e. The van der Waals surface area contributed by atoms with Gasteiger partial charge in [-0.1, -0.05) is 35.4 Å². The number of esters is 2. The monoisotopic (exact) mass is 460 g/mol. The number of aliphatic hydroxyl groups is 2. The van der Waals surface area contributed by atoms with E-state index in [0.29, 0.717) is 24.3 Å². The summed E-state index contributed by atoms with van der Waals surface area (Å²) >= 11 is 0. The van der Waals surface area contributed by atoms with Gasteiger partial charge in [0.2, 0.25) is 0 Å². The number of carbonyl (C=O) groups excluding carboxylic acids is 2. The highest BCUT2D eigenvalue weighted by Gasteiger charge is 2.31. The predicted molar refractivity (Wildman–Crippen MR) is 122 cm³/mol. The number of hydrogen-bond donors (Lipinski definition) is 3. The molecule has 0 bridgehead atoms. The third-order valence-electron chi connectivity index (χ3n) is 4.73. The number of carboxylic acids is 1. The number of unbranched alkanes of at least 4 members (excludes halogenated alkanes) is 1. The number of hydrogen-bond acceptors (Lipinski definition) is 7. The van der Waals surface area contributed by atoms with Gasteiger partial charge in [0, 0.05) is 12.8 Å². The molecule has 0 aromatic heterocycles. The molecule has 0 radical (unpaired) electrons. The van der Waals surface area contributed by atoms with Crippen LogP contribution in [0.5, 0.6) is 11.5 Å². The molecule has 180 valence electrons. The van der Waals surface area contributed by atoms with Gasteiger partial charge in [-0.05, 0) is 57.9 Å². The maximum absolute atomic E-state index is 11.7. The van der Waals surface area contributed by atoms with Crippen molar-refractivity contribution in [2.75, 3.05) is 13.2 Å². The molecule has 33 heavy (non-hydrogen) atoms. The van der Waals surface area contributed by atoms with E-state index in [1.54, 1.807) is 24.3 Å². The first-order valence-electron chi connectivity index (χ1n) is 10.6. The minimum absolute atomic E-state index is 0.283. The molecule has 2 rings (SSSR count). The van der Waals surface area contributed by atoms with Crippen LogP contribution in [0.15, 0.2) is 48.5 Å². The average molecular weight is 461 g/mol. The van der Waals surface area contributed by atoms with Crippen LogP contribution < -0.4 is 9.47 Å². The minimum Gasteiger partial charge on any atom is -0.481 e. The molecule has 0 saturated carbocycles. The average Bonchev–Trinajstić information content (AvgIpc) is 2.79. The molecule has 0 atom stereocenters. The molecule has 8 heteroatoms. The third kappa shape index (κ3) is 10.8. The van der Waals surface area contributed by atoms with Gasteiger partial charge in [0.1, 0.15) is 16.9 Å². The van der Waals surface area contributed by atoms with Gasteiger partial charge in [0.25, 0.3) is 0 Å². The first kappa shape index (κ1) is 27.8. The van der Waals surface area contributed by atoms with Gasteiger partial charge in [0.05, 0.1) is 13.2 Å². The van der Waals surface area contributed by atoms with E-state index < -0.39 is 24.6 Å². The molecule has 0 aliphatic rings. The molecule has 0 aliphatic heterocycles. The maximum Gasteiger partial charge on any atom is 0.314 e. The van der Waals surface area contributed by atoms with Crippen LogP contribution >= 0.6 is 0 Å². The van der Waals surface area contributed by atoms with Crippen LogP contribution in [0, 0.1) is 19.3 Å². The number of benzene rings is 2. The van der Waals surface area contributed by atoms with Gasteiger partial charge in [-0.15, -0.1) is 0 Å². The van der Waals surface area contributed by atoms with Gasteiger partial charge >= 0.3 is 17.9 Å². The van der Waals surface area contributed by atoms with E-state index in [1.165, 1.54) is 6.92 Å². The highest BCUT2D eigenvalue weighted by Crippen LogP contribution is 2.15.